The molecule has 0 radical (unpaired) electrons. The Labute approximate surface area is 131 Å². The van der Waals surface area contributed by atoms with Crippen LogP contribution in [0, 0.1) is 0 Å². The number of aromatic nitrogens is 3. The van der Waals surface area contributed by atoms with Crippen LogP contribution in [0.15, 0.2) is 28.0 Å². The maximum atomic E-state index is 11.5. The zero-order valence-electron chi connectivity index (χ0n) is 12.2. The summed E-state index contributed by atoms with van der Waals surface area (Å²) in [5.41, 5.74) is 5.20. The third-order valence-electron chi connectivity index (χ3n) is 2.86. The molecule has 9 heteroatoms. The van der Waals surface area contributed by atoms with Gasteiger partial charge in [0, 0.05) is 13.0 Å². The molecular weight excluding hydrogens is 308 g/mol. The standard InChI is InChI=1S/C13H16N4O4S/c1-8(12(19)20-2)22-13-16-15-11(9-4-3-7-21-9)17(13)6-5-10(14)18/h3-4,7-8H,5-6H2,1-2H3,(H2,14,18). The first kappa shape index (κ1) is 16.1. The van der Waals surface area contributed by atoms with Gasteiger partial charge in [-0.3, -0.25) is 14.2 Å². The molecule has 22 heavy (non-hydrogen) atoms. The summed E-state index contributed by atoms with van der Waals surface area (Å²) in [7, 11) is 1.32. The number of amides is 1. The molecule has 1 amide bonds. The van der Waals surface area contributed by atoms with Crippen LogP contribution in [0.5, 0.6) is 0 Å². The number of primary amides is 1. The predicted octanol–water partition coefficient (Wildman–Crippen LogP) is 1.07. The van der Waals surface area contributed by atoms with Gasteiger partial charge in [0.05, 0.1) is 13.4 Å². The number of hydrogen-bond acceptors (Lipinski definition) is 7. The summed E-state index contributed by atoms with van der Waals surface area (Å²) in [6, 6.07) is 3.47. The van der Waals surface area contributed by atoms with E-state index < -0.39 is 11.2 Å². The molecule has 2 heterocycles. The van der Waals surface area contributed by atoms with Crippen LogP contribution in [-0.2, 0) is 20.9 Å². The van der Waals surface area contributed by atoms with E-state index in [1.165, 1.54) is 25.1 Å². The molecule has 0 aromatic carbocycles. The molecule has 0 aliphatic carbocycles. The molecule has 8 nitrogen and oxygen atoms in total. The first-order valence-electron chi connectivity index (χ1n) is 6.52. The minimum Gasteiger partial charge on any atom is -0.468 e. The van der Waals surface area contributed by atoms with Gasteiger partial charge in [0.1, 0.15) is 5.25 Å². The lowest BCUT2D eigenvalue weighted by Gasteiger charge is -2.10. The number of nitrogens with two attached hydrogens (primary N) is 1. The van der Waals surface area contributed by atoms with E-state index in [2.05, 4.69) is 10.2 Å². The van der Waals surface area contributed by atoms with Crippen molar-refractivity contribution in [2.75, 3.05) is 7.11 Å². The minimum atomic E-state index is -0.453. The van der Waals surface area contributed by atoms with E-state index >= 15 is 0 Å². The molecule has 0 spiro atoms. The van der Waals surface area contributed by atoms with Crippen LogP contribution in [0.1, 0.15) is 13.3 Å². The van der Waals surface area contributed by atoms with Crippen molar-refractivity contribution in [3.63, 3.8) is 0 Å². The number of ether oxygens (including phenoxy) is 1. The number of nitrogens with zero attached hydrogens (tertiary/aromatic N) is 3. The fourth-order valence-electron chi connectivity index (χ4n) is 1.76. The van der Waals surface area contributed by atoms with Gasteiger partial charge in [-0.2, -0.15) is 0 Å². The molecular formula is C13H16N4O4S. The van der Waals surface area contributed by atoms with Gasteiger partial charge in [0.25, 0.3) is 0 Å². The van der Waals surface area contributed by atoms with Crippen molar-refractivity contribution in [3.8, 4) is 11.6 Å². The second-order valence-corrected chi connectivity index (χ2v) is 5.74. The van der Waals surface area contributed by atoms with Crippen molar-refractivity contribution in [3.05, 3.63) is 18.4 Å². The first-order valence-corrected chi connectivity index (χ1v) is 7.40. The molecule has 1 atom stereocenters. The third kappa shape index (κ3) is 3.67. The highest BCUT2D eigenvalue weighted by Gasteiger charge is 2.22. The van der Waals surface area contributed by atoms with Crippen molar-refractivity contribution in [1.82, 2.24) is 14.8 Å². The molecule has 2 N–H and O–H groups in total. The molecule has 0 aliphatic rings. The quantitative estimate of drug-likeness (QED) is 0.598. The summed E-state index contributed by atoms with van der Waals surface area (Å²) in [6.07, 6.45) is 1.65. The molecule has 1 unspecified atom stereocenters. The van der Waals surface area contributed by atoms with Gasteiger partial charge in [-0.05, 0) is 19.1 Å². The lowest BCUT2D eigenvalue weighted by molar-refractivity contribution is -0.139. The van der Waals surface area contributed by atoms with E-state index in [9.17, 15) is 9.59 Å². The monoisotopic (exact) mass is 324 g/mol. The Morgan fingerprint density at radius 3 is 2.86 bits per heavy atom. The molecule has 118 valence electrons. The van der Waals surface area contributed by atoms with Gasteiger partial charge in [0.2, 0.25) is 5.91 Å². The zero-order chi connectivity index (χ0) is 16.1. The first-order chi connectivity index (χ1) is 10.5. The number of esters is 1. The topological polar surface area (TPSA) is 113 Å². The second kappa shape index (κ2) is 7.12. The molecule has 0 bridgehead atoms. The summed E-state index contributed by atoms with van der Waals surface area (Å²) >= 11 is 1.19. The van der Waals surface area contributed by atoms with Crippen molar-refractivity contribution in [1.29, 1.82) is 0 Å². The Bertz CT molecular complexity index is 653. The summed E-state index contributed by atoms with van der Waals surface area (Å²) < 4.78 is 11.7. The van der Waals surface area contributed by atoms with E-state index in [1.807, 2.05) is 0 Å². The largest absolute Gasteiger partial charge is 0.468 e. The predicted molar refractivity (Wildman–Crippen MR) is 78.9 cm³/mol. The number of furan rings is 1. The van der Waals surface area contributed by atoms with Gasteiger partial charge in [-0.25, -0.2) is 0 Å². The fourth-order valence-corrected chi connectivity index (χ4v) is 2.66. The van der Waals surface area contributed by atoms with Gasteiger partial charge in [-0.1, -0.05) is 11.8 Å². The highest BCUT2D eigenvalue weighted by Crippen LogP contribution is 2.27. The highest BCUT2D eigenvalue weighted by atomic mass is 32.2. The highest BCUT2D eigenvalue weighted by molar-refractivity contribution is 8.00. The maximum absolute atomic E-state index is 11.5. The molecule has 0 saturated carbocycles. The van der Waals surface area contributed by atoms with Crippen LogP contribution in [0.25, 0.3) is 11.6 Å². The molecule has 0 saturated heterocycles. The van der Waals surface area contributed by atoms with Gasteiger partial charge in [0.15, 0.2) is 16.7 Å². The molecule has 2 aromatic rings. The maximum Gasteiger partial charge on any atom is 0.318 e. The normalized spacial score (nSPS) is 12.1. The van der Waals surface area contributed by atoms with Crippen molar-refractivity contribution in [2.24, 2.45) is 5.73 Å². The Kier molecular flexibility index (Phi) is 5.21. The van der Waals surface area contributed by atoms with Gasteiger partial charge in [-0.15, -0.1) is 10.2 Å². The fraction of sp³-hybridized carbons (Fsp3) is 0.385. The van der Waals surface area contributed by atoms with Crippen LogP contribution >= 0.6 is 11.8 Å². The number of methoxy groups -OCH3 is 1. The number of carbonyl (C=O) groups excluding carboxylic acids is 2. The van der Waals surface area contributed by atoms with Crippen molar-refractivity contribution >= 4 is 23.6 Å². The van der Waals surface area contributed by atoms with Gasteiger partial charge < -0.3 is 14.9 Å². The van der Waals surface area contributed by atoms with Crippen molar-refractivity contribution in [2.45, 2.75) is 30.3 Å². The third-order valence-corrected chi connectivity index (χ3v) is 3.91. The van der Waals surface area contributed by atoms with Crippen LogP contribution in [-0.4, -0.2) is 39.0 Å². The van der Waals surface area contributed by atoms with E-state index in [1.54, 1.807) is 23.6 Å². The van der Waals surface area contributed by atoms with E-state index in [0.29, 0.717) is 23.3 Å². The molecule has 0 aliphatic heterocycles. The average molecular weight is 324 g/mol. The summed E-state index contributed by atoms with van der Waals surface area (Å²) in [5, 5.41) is 8.17. The van der Waals surface area contributed by atoms with E-state index in [-0.39, 0.29) is 12.4 Å². The van der Waals surface area contributed by atoms with E-state index in [0.717, 1.165) is 0 Å². The Morgan fingerprint density at radius 1 is 1.50 bits per heavy atom. The lowest BCUT2D eigenvalue weighted by atomic mass is 10.3. The van der Waals surface area contributed by atoms with Crippen LogP contribution < -0.4 is 5.73 Å². The van der Waals surface area contributed by atoms with Crippen LogP contribution in [0.2, 0.25) is 0 Å². The second-order valence-electron chi connectivity index (χ2n) is 4.43. The SMILES string of the molecule is COC(=O)C(C)Sc1nnc(-c2ccco2)n1CCC(N)=O. The number of rotatable bonds is 7. The van der Waals surface area contributed by atoms with Crippen LogP contribution in [0.4, 0.5) is 0 Å². The zero-order valence-corrected chi connectivity index (χ0v) is 13.0. The average Bonchev–Trinajstić information content (AvgIpc) is 3.13. The lowest BCUT2D eigenvalue weighted by Crippen LogP contribution is -2.17. The van der Waals surface area contributed by atoms with Crippen molar-refractivity contribution < 1.29 is 18.7 Å². The minimum absolute atomic E-state index is 0.131. The molecule has 2 rings (SSSR count). The van der Waals surface area contributed by atoms with Crippen LogP contribution in [0.3, 0.4) is 0 Å². The summed E-state index contributed by atoms with van der Waals surface area (Å²) in [5.74, 6) is 0.199. The smallest absolute Gasteiger partial charge is 0.318 e. The number of hydrogen-bond donors (Lipinski definition) is 1. The number of carbonyl (C=O) groups is 2. The molecule has 0 fully saturated rings. The number of thioether (sulfide) groups is 1. The Hall–Kier alpha value is -2.29. The Balaban J connectivity index is 2.29. The van der Waals surface area contributed by atoms with Gasteiger partial charge >= 0.3 is 5.97 Å². The Morgan fingerprint density at radius 2 is 2.27 bits per heavy atom. The summed E-state index contributed by atoms with van der Waals surface area (Å²) in [4.78, 5) is 22.6. The summed E-state index contributed by atoms with van der Waals surface area (Å²) in [6.45, 7) is 2.00. The van der Waals surface area contributed by atoms with E-state index in [4.69, 9.17) is 14.9 Å². The molecule has 2 aromatic heterocycles.